The molecule has 1 aromatic carbocycles. The van der Waals surface area contributed by atoms with E-state index in [4.69, 9.17) is 9.73 Å². The van der Waals surface area contributed by atoms with Gasteiger partial charge in [0.2, 0.25) is 0 Å². The van der Waals surface area contributed by atoms with Crippen molar-refractivity contribution in [1.29, 1.82) is 0 Å². The zero-order chi connectivity index (χ0) is 15.4. The first-order valence-electron chi connectivity index (χ1n) is 8.44. The Morgan fingerprint density at radius 1 is 1.36 bits per heavy atom. The number of hydrogen-bond acceptors (Lipinski definition) is 2. The first-order chi connectivity index (χ1) is 10.7. The minimum absolute atomic E-state index is 0.0780. The lowest BCUT2D eigenvalue weighted by Gasteiger charge is -2.31. The van der Waals surface area contributed by atoms with Gasteiger partial charge < -0.3 is 15.4 Å². The Labute approximate surface area is 133 Å². The summed E-state index contributed by atoms with van der Waals surface area (Å²) in [7, 11) is 0. The van der Waals surface area contributed by atoms with Gasteiger partial charge in [0, 0.05) is 25.6 Å². The largest absolute Gasteiger partial charge is 0.373 e. The van der Waals surface area contributed by atoms with Crippen molar-refractivity contribution in [3.8, 4) is 0 Å². The molecule has 2 N–H and O–H groups in total. The van der Waals surface area contributed by atoms with E-state index >= 15 is 0 Å². The summed E-state index contributed by atoms with van der Waals surface area (Å²) < 4.78 is 5.81. The molecule has 0 spiro atoms. The number of aliphatic imine (C=N–C) groups is 1. The normalized spacial score (nSPS) is 27.2. The van der Waals surface area contributed by atoms with Crippen LogP contribution in [0.25, 0.3) is 0 Å². The zero-order valence-corrected chi connectivity index (χ0v) is 13.7. The summed E-state index contributed by atoms with van der Waals surface area (Å²) in [5, 5.41) is 6.82. The maximum Gasteiger partial charge on any atom is 0.191 e. The van der Waals surface area contributed by atoms with Gasteiger partial charge in [-0.25, -0.2) is 0 Å². The van der Waals surface area contributed by atoms with Crippen LogP contribution in [0, 0.1) is 0 Å². The second kappa shape index (κ2) is 6.69. The van der Waals surface area contributed by atoms with Crippen LogP contribution in [0.3, 0.4) is 0 Å². The highest BCUT2D eigenvalue weighted by atomic mass is 16.5. The first-order valence-corrected chi connectivity index (χ1v) is 8.44. The molecule has 0 amide bonds. The molecule has 1 aromatic rings. The summed E-state index contributed by atoms with van der Waals surface area (Å²) in [6, 6.07) is 8.71. The van der Waals surface area contributed by atoms with E-state index in [0.29, 0.717) is 5.92 Å². The molecule has 2 atom stereocenters. The van der Waals surface area contributed by atoms with Crippen molar-refractivity contribution in [2.45, 2.75) is 44.6 Å². The standard InChI is InChI=1S/C18H27N3O/c1-3-19-17(21-13-18(2)9-6-10-22-18)20-12-15-11-14-7-4-5-8-16(14)15/h4-5,7-8,15H,3,6,9-13H2,1-2H3,(H2,19,20,21). The number of benzene rings is 1. The highest BCUT2D eigenvalue weighted by molar-refractivity contribution is 5.79. The fourth-order valence-corrected chi connectivity index (χ4v) is 3.31. The summed E-state index contributed by atoms with van der Waals surface area (Å²) in [5.74, 6) is 1.52. The van der Waals surface area contributed by atoms with Gasteiger partial charge in [0.1, 0.15) is 0 Å². The highest BCUT2D eigenvalue weighted by Gasteiger charge is 2.29. The number of rotatable bonds is 5. The molecular weight excluding hydrogens is 274 g/mol. The van der Waals surface area contributed by atoms with Crippen LogP contribution in [-0.4, -0.2) is 37.8 Å². The van der Waals surface area contributed by atoms with Gasteiger partial charge in [-0.15, -0.1) is 0 Å². The zero-order valence-electron chi connectivity index (χ0n) is 13.7. The molecule has 0 aromatic heterocycles. The molecule has 4 nitrogen and oxygen atoms in total. The molecule has 1 fully saturated rings. The Morgan fingerprint density at radius 2 is 2.23 bits per heavy atom. The van der Waals surface area contributed by atoms with Gasteiger partial charge in [0.05, 0.1) is 12.1 Å². The number of nitrogens with one attached hydrogen (secondary N) is 2. The van der Waals surface area contributed by atoms with E-state index in [2.05, 4.69) is 48.7 Å². The van der Waals surface area contributed by atoms with Crippen LogP contribution in [0.1, 0.15) is 43.7 Å². The Hall–Kier alpha value is -1.55. The van der Waals surface area contributed by atoms with E-state index in [1.54, 1.807) is 0 Å². The van der Waals surface area contributed by atoms with Crippen molar-refractivity contribution >= 4 is 5.96 Å². The molecule has 1 heterocycles. The molecule has 0 radical (unpaired) electrons. The third kappa shape index (κ3) is 3.43. The van der Waals surface area contributed by atoms with Gasteiger partial charge in [0.25, 0.3) is 0 Å². The maximum absolute atomic E-state index is 5.81. The molecule has 2 aliphatic rings. The molecule has 1 aliphatic heterocycles. The number of ether oxygens (including phenoxy) is 1. The monoisotopic (exact) mass is 301 g/mol. The number of hydrogen-bond donors (Lipinski definition) is 2. The number of nitrogens with zero attached hydrogens (tertiary/aromatic N) is 1. The van der Waals surface area contributed by atoms with Crippen LogP contribution in [0.4, 0.5) is 0 Å². The minimum Gasteiger partial charge on any atom is -0.373 e. The number of guanidine groups is 1. The summed E-state index contributed by atoms with van der Waals surface area (Å²) in [5.41, 5.74) is 2.89. The van der Waals surface area contributed by atoms with Crippen LogP contribution in [-0.2, 0) is 11.2 Å². The van der Waals surface area contributed by atoms with Gasteiger partial charge >= 0.3 is 0 Å². The summed E-state index contributed by atoms with van der Waals surface area (Å²) in [6.45, 7) is 7.68. The summed E-state index contributed by atoms with van der Waals surface area (Å²) in [4.78, 5) is 4.72. The molecule has 1 aliphatic carbocycles. The summed E-state index contributed by atoms with van der Waals surface area (Å²) in [6.07, 6.45) is 3.42. The Kier molecular flexibility index (Phi) is 4.67. The van der Waals surface area contributed by atoms with E-state index in [1.807, 2.05) is 0 Å². The first kappa shape index (κ1) is 15.3. The van der Waals surface area contributed by atoms with E-state index in [9.17, 15) is 0 Å². The molecule has 22 heavy (non-hydrogen) atoms. The quantitative estimate of drug-likeness (QED) is 0.649. The van der Waals surface area contributed by atoms with Crippen LogP contribution in [0.2, 0.25) is 0 Å². The third-order valence-corrected chi connectivity index (χ3v) is 4.69. The highest BCUT2D eigenvalue weighted by Crippen LogP contribution is 2.34. The molecule has 3 rings (SSSR count). The summed E-state index contributed by atoms with van der Waals surface area (Å²) >= 11 is 0. The second-order valence-electron chi connectivity index (χ2n) is 6.58. The van der Waals surface area contributed by atoms with Gasteiger partial charge in [-0.3, -0.25) is 4.99 Å². The lowest BCUT2D eigenvalue weighted by Crippen LogP contribution is -2.42. The van der Waals surface area contributed by atoms with Crippen molar-refractivity contribution < 1.29 is 4.74 Å². The van der Waals surface area contributed by atoms with Crippen molar-refractivity contribution in [2.75, 3.05) is 26.2 Å². The maximum atomic E-state index is 5.81. The van der Waals surface area contributed by atoms with Crippen LogP contribution >= 0.6 is 0 Å². The average molecular weight is 301 g/mol. The van der Waals surface area contributed by atoms with Gasteiger partial charge in [-0.2, -0.15) is 0 Å². The SMILES string of the molecule is CCNC(=NCC1(C)CCCO1)NCC1Cc2ccccc21. The predicted octanol–water partition coefficient (Wildman–Crippen LogP) is 2.45. The van der Waals surface area contributed by atoms with Gasteiger partial charge in [0.15, 0.2) is 5.96 Å². The van der Waals surface area contributed by atoms with Gasteiger partial charge in [-0.1, -0.05) is 24.3 Å². The lowest BCUT2D eigenvalue weighted by atomic mass is 9.78. The van der Waals surface area contributed by atoms with E-state index in [1.165, 1.54) is 17.5 Å². The fraction of sp³-hybridized carbons (Fsp3) is 0.611. The molecule has 120 valence electrons. The van der Waals surface area contributed by atoms with E-state index < -0.39 is 0 Å². The van der Waals surface area contributed by atoms with Crippen molar-refractivity contribution in [3.63, 3.8) is 0 Å². The van der Waals surface area contributed by atoms with Crippen LogP contribution < -0.4 is 10.6 Å². The van der Waals surface area contributed by atoms with Crippen molar-refractivity contribution in [2.24, 2.45) is 4.99 Å². The Bertz CT molecular complexity index is 535. The second-order valence-corrected chi connectivity index (χ2v) is 6.58. The van der Waals surface area contributed by atoms with E-state index in [-0.39, 0.29) is 5.60 Å². The van der Waals surface area contributed by atoms with Crippen LogP contribution in [0.5, 0.6) is 0 Å². The van der Waals surface area contributed by atoms with E-state index in [0.717, 1.165) is 45.0 Å². The van der Waals surface area contributed by atoms with Crippen LogP contribution in [0.15, 0.2) is 29.3 Å². The molecule has 2 unspecified atom stereocenters. The number of fused-ring (bicyclic) bond motifs is 1. The van der Waals surface area contributed by atoms with Gasteiger partial charge in [-0.05, 0) is 44.2 Å². The lowest BCUT2D eigenvalue weighted by molar-refractivity contribution is 0.0283. The topological polar surface area (TPSA) is 45.7 Å². The smallest absolute Gasteiger partial charge is 0.191 e. The fourth-order valence-electron chi connectivity index (χ4n) is 3.31. The third-order valence-electron chi connectivity index (χ3n) is 4.69. The van der Waals surface area contributed by atoms with Crippen molar-refractivity contribution in [3.05, 3.63) is 35.4 Å². The molecule has 0 bridgehead atoms. The molecular formula is C18H27N3O. The molecule has 0 saturated carbocycles. The minimum atomic E-state index is -0.0780. The molecule has 4 heteroatoms. The predicted molar refractivity (Wildman–Crippen MR) is 90.5 cm³/mol. The Balaban J connectivity index is 1.54. The average Bonchev–Trinajstić information content (AvgIpc) is 2.93. The molecule has 1 saturated heterocycles. The van der Waals surface area contributed by atoms with Crippen molar-refractivity contribution in [1.82, 2.24) is 10.6 Å². The Morgan fingerprint density at radius 3 is 2.95 bits per heavy atom.